The molecule has 0 aliphatic heterocycles. The Labute approximate surface area is 155 Å². The lowest BCUT2D eigenvalue weighted by Crippen LogP contribution is -2.22. The maximum atomic E-state index is 12.4. The minimum atomic E-state index is -0.328. The molecule has 1 heterocycles. The van der Waals surface area contributed by atoms with Gasteiger partial charge in [0.2, 0.25) is 5.91 Å². The number of aromatic nitrogens is 3. The van der Waals surface area contributed by atoms with Gasteiger partial charge in [-0.1, -0.05) is 59.8 Å². The van der Waals surface area contributed by atoms with Gasteiger partial charge in [-0.2, -0.15) is 0 Å². The minimum Gasteiger partial charge on any atom is -0.325 e. The summed E-state index contributed by atoms with van der Waals surface area (Å²) < 4.78 is 1.89. The maximum absolute atomic E-state index is 12.4. The Morgan fingerprint density at radius 1 is 1.16 bits per heavy atom. The molecule has 0 aliphatic rings. The van der Waals surface area contributed by atoms with Crippen molar-refractivity contribution in [3.8, 4) is 11.4 Å². The second-order valence-corrected chi connectivity index (χ2v) is 7.24. The first-order chi connectivity index (χ1) is 12.0. The Bertz CT molecular complexity index is 882. The molecule has 1 amide bonds. The number of rotatable bonds is 5. The number of nitrogens with zero attached hydrogens (tertiary/aromatic N) is 3. The highest BCUT2D eigenvalue weighted by atomic mass is 35.5. The lowest BCUT2D eigenvalue weighted by atomic mass is 10.2. The summed E-state index contributed by atoms with van der Waals surface area (Å²) in [4.78, 5) is 12.4. The van der Waals surface area contributed by atoms with Gasteiger partial charge in [-0.15, -0.1) is 10.2 Å². The minimum absolute atomic E-state index is 0.114. The van der Waals surface area contributed by atoms with Gasteiger partial charge in [-0.25, -0.2) is 0 Å². The van der Waals surface area contributed by atoms with Crippen LogP contribution in [0.25, 0.3) is 11.4 Å². The number of halogens is 1. The standard InChI is InChI=1S/C18H17ClN4OS/c1-12(17(24)20-15-10-6-9-14(19)11-15)25-18-22-21-16(23(18)2)13-7-4-3-5-8-13/h3-12H,1-2H3,(H,20,24)/t12-/m0/s1. The number of benzene rings is 2. The lowest BCUT2D eigenvalue weighted by Gasteiger charge is -2.12. The largest absolute Gasteiger partial charge is 0.325 e. The molecule has 0 saturated carbocycles. The van der Waals surface area contributed by atoms with Gasteiger partial charge in [0.25, 0.3) is 0 Å². The number of nitrogens with one attached hydrogen (secondary N) is 1. The third-order valence-electron chi connectivity index (χ3n) is 3.61. The van der Waals surface area contributed by atoms with Gasteiger partial charge < -0.3 is 9.88 Å². The average molecular weight is 373 g/mol. The fourth-order valence-corrected chi connectivity index (χ4v) is 3.28. The van der Waals surface area contributed by atoms with Crippen molar-refractivity contribution in [3.05, 3.63) is 59.6 Å². The van der Waals surface area contributed by atoms with Crippen LogP contribution in [0.5, 0.6) is 0 Å². The van der Waals surface area contributed by atoms with Crippen molar-refractivity contribution >= 4 is 35.0 Å². The normalized spacial score (nSPS) is 12.0. The van der Waals surface area contributed by atoms with Crippen LogP contribution in [0.2, 0.25) is 5.02 Å². The molecule has 0 radical (unpaired) electrons. The highest BCUT2D eigenvalue weighted by Gasteiger charge is 2.19. The van der Waals surface area contributed by atoms with E-state index in [9.17, 15) is 4.79 Å². The molecule has 1 atom stereocenters. The second-order valence-electron chi connectivity index (χ2n) is 5.49. The van der Waals surface area contributed by atoms with Crippen molar-refractivity contribution in [2.75, 3.05) is 5.32 Å². The smallest absolute Gasteiger partial charge is 0.237 e. The number of hydrogen-bond acceptors (Lipinski definition) is 4. The van der Waals surface area contributed by atoms with Crippen LogP contribution in [0, 0.1) is 0 Å². The van der Waals surface area contributed by atoms with Crippen LogP contribution in [0.15, 0.2) is 59.8 Å². The number of amides is 1. The first-order valence-corrected chi connectivity index (χ1v) is 8.98. The Balaban J connectivity index is 1.70. The third-order valence-corrected chi connectivity index (χ3v) is 4.98. The van der Waals surface area contributed by atoms with Gasteiger partial charge in [0.05, 0.1) is 5.25 Å². The SMILES string of the molecule is C[C@H](Sc1nnc(-c2ccccc2)n1C)C(=O)Nc1cccc(Cl)c1. The third kappa shape index (κ3) is 4.21. The number of hydrogen-bond donors (Lipinski definition) is 1. The van der Waals surface area contributed by atoms with Gasteiger partial charge in [0.15, 0.2) is 11.0 Å². The van der Waals surface area contributed by atoms with E-state index < -0.39 is 0 Å². The summed E-state index contributed by atoms with van der Waals surface area (Å²) >= 11 is 7.30. The Morgan fingerprint density at radius 3 is 2.64 bits per heavy atom. The van der Waals surface area contributed by atoms with Gasteiger partial charge in [-0.05, 0) is 25.1 Å². The van der Waals surface area contributed by atoms with E-state index in [1.807, 2.05) is 48.9 Å². The molecule has 0 spiro atoms. The van der Waals surface area contributed by atoms with E-state index in [4.69, 9.17) is 11.6 Å². The van der Waals surface area contributed by atoms with Crippen LogP contribution in [0.3, 0.4) is 0 Å². The number of thioether (sulfide) groups is 1. The molecule has 128 valence electrons. The monoisotopic (exact) mass is 372 g/mol. The van der Waals surface area contributed by atoms with Gasteiger partial charge in [0.1, 0.15) is 0 Å². The molecule has 2 aromatic carbocycles. The number of carbonyl (C=O) groups is 1. The van der Waals surface area contributed by atoms with Gasteiger partial charge in [0, 0.05) is 23.3 Å². The molecular weight excluding hydrogens is 356 g/mol. The first-order valence-electron chi connectivity index (χ1n) is 7.72. The van der Waals surface area contributed by atoms with Crippen LogP contribution in [0.1, 0.15) is 6.92 Å². The summed E-state index contributed by atoms with van der Waals surface area (Å²) in [5.41, 5.74) is 1.66. The molecule has 7 heteroatoms. The molecule has 5 nitrogen and oxygen atoms in total. The fraction of sp³-hybridized carbons (Fsp3) is 0.167. The Hall–Kier alpha value is -2.31. The van der Waals surface area contributed by atoms with Crippen molar-refractivity contribution in [1.82, 2.24) is 14.8 Å². The predicted octanol–water partition coefficient (Wildman–Crippen LogP) is 4.25. The zero-order valence-corrected chi connectivity index (χ0v) is 15.4. The van der Waals surface area contributed by atoms with E-state index in [-0.39, 0.29) is 11.2 Å². The molecule has 3 rings (SSSR count). The van der Waals surface area contributed by atoms with Crippen molar-refractivity contribution in [3.63, 3.8) is 0 Å². The summed E-state index contributed by atoms with van der Waals surface area (Å²) in [6.45, 7) is 1.83. The van der Waals surface area contributed by atoms with Crippen molar-refractivity contribution in [2.45, 2.75) is 17.3 Å². The molecule has 0 unspecified atom stereocenters. The quantitative estimate of drug-likeness (QED) is 0.680. The summed E-state index contributed by atoms with van der Waals surface area (Å²) in [5, 5.41) is 12.2. The van der Waals surface area contributed by atoms with Gasteiger partial charge in [-0.3, -0.25) is 4.79 Å². The highest BCUT2D eigenvalue weighted by molar-refractivity contribution is 8.00. The van der Waals surface area contributed by atoms with E-state index in [1.165, 1.54) is 11.8 Å². The first kappa shape index (κ1) is 17.5. The maximum Gasteiger partial charge on any atom is 0.237 e. The average Bonchev–Trinajstić information content (AvgIpc) is 2.96. The Morgan fingerprint density at radius 2 is 1.92 bits per heavy atom. The van der Waals surface area contributed by atoms with E-state index in [2.05, 4.69) is 15.5 Å². The zero-order valence-electron chi connectivity index (χ0n) is 13.8. The molecule has 3 aromatic rings. The summed E-state index contributed by atoms with van der Waals surface area (Å²) in [5.74, 6) is 0.655. The molecule has 25 heavy (non-hydrogen) atoms. The summed E-state index contributed by atoms with van der Waals surface area (Å²) in [6, 6.07) is 16.9. The summed E-state index contributed by atoms with van der Waals surface area (Å²) in [7, 11) is 1.90. The fourth-order valence-electron chi connectivity index (χ4n) is 2.28. The van der Waals surface area contributed by atoms with E-state index in [1.54, 1.807) is 24.3 Å². The zero-order chi connectivity index (χ0) is 17.8. The van der Waals surface area contributed by atoms with Crippen molar-refractivity contribution < 1.29 is 4.79 Å². The van der Waals surface area contributed by atoms with E-state index in [0.29, 0.717) is 15.9 Å². The van der Waals surface area contributed by atoms with Crippen LogP contribution >= 0.6 is 23.4 Å². The lowest BCUT2D eigenvalue weighted by molar-refractivity contribution is -0.115. The molecule has 1 aromatic heterocycles. The van der Waals surface area contributed by atoms with E-state index >= 15 is 0 Å². The van der Waals surface area contributed by atoms with Crippen LogP contribution < -0.4 is 5.32 Å². The van der Waals surface area contributed by atoms with Crippen molar-refractivity contribution in [1.29, 1.82) is 0 Å². The summed E-state index contributed by atoms with van der Waals surface area (Å²) in [6.07, 6.45) is 0. The van der Waals surface area contributed by atoms with Crippen LogP contribution in [-0.2, 0) is 11.8 Å². The predicted molar refractivity (Wildman–Crippen MR) is 102 cm³/mol. The molecule has 0 bridgehead atoms. The molecule has 0 aliphatic carbocycles. The molecule has 0 saturated heterocycles. The van der Waals surface area contributed by atoms with Gasteiger partial charge >= 0.3 is 0 Å². The topological polar surface area (TPSA) is 59.8 Å². The molecule has 1 N–H and O–H groups in total. The number of carbonyl (C=O) groups excluding carboxylic acids is 1. The molecular formula is C18H17ClN4OS. The highest BCUT2D eigenvalue weighted by Crippen LogP contribution is 2.26. The molecule has 0 fully saturated rings. The Kier molecular flexibility index (Phi) is 5.40. The van der Waals surface area contributed by atoms with Crippen molar-refractivity contribution in [2.24, 2.45) is 7.05 Å². The number of anilines is 1. The van der Waals surface area contributed by atoms with E-state index in [0.717, 1.165) is 11.4 Å². The van der Waals surface area contributed by atoms with Crippen LogP contribution in [-0.4, -0.2) is 25.9 Å². The second kappa shape index (κ2) is 7.72. The van der Waals surface area contributed by atoms with Crippen LogP contribution in [0.4, 0.5) is 5.69 Å².